The molecule has 0 radical (unpaired) electrons. The maximum absolute atomic E-state index is 13.5. The highest BCUT2D eigenvalue weighted by Crippen LogP contribution is 2.25. The second-order valence-corrected chi connectivity index (χ2v) is 4.34. The molecule has 1 aliphatic carbocycles. The van der Waals surface area contributed by atoms with Gasteiger partial charge in [0, 0.05) is 17.9 Å². The highest BCUT2D eigenvalue weighted by molar-refractivity contribution is 5.78. The summed E-state index contributed by atoms with van der Waals surface area (Å²) in [5.74, 6) is 0.451. The SMILES string of the molecule is COc1ccc(/C=C/C2C=CC(C=O)=C(F)C2)cc1. The van der Waals surface area contributed by atoms with Crippen LogP contribution in [0.3, 0.4) is 0 Å². The van der Waals surface area contributed by atoms with Crippen LogP contribution in [0.5, 0.6) is 5.75 Å². The van der Waals surface area contributed by atoms with Gasteiger partial charge in [-0.25, -0.2) is 4.39 Å². The van der Waals surface area contributed by atoms with Gasteiger partial charge in [0.2, 0.25) is 0 Å². The first kappa shape index (κ1) is 13.3. The summed E-state index contributed by atoms with van der Waals surface area (Å²) in [6, 6.07) is 7.62. The summed E-state index contributed by atoms with van der Waals surface area (Å²) in [6.45, 7) is 0. The lowest BCUT2D eigenvalue weighted by atomic mass is 9.95. The van der Waals surface area contributed by atoms with Crippen LogP contribution in [0.25, 0.3) is 6.08 Å². The van der Waals surface area contributed by atoms with E-state index in [0.29, 0.717) is 6.29 Å². The molecule has 1 aliphatic rings. The van der Waals surface area contributed by atoms with E-state index >= 15 is 0 Å². The van der Waals surface area contributed by atoms with Gasteiger partial charge in [0.1, 0.15) is 11.6 Å². The summed E-state index contributed by atoms with van der Waals surface area (Å²) in [5.41, 5.74) is 1.17. The quantitative estimate of drug-likeness (QED) is 0.770. The Morgan fingerprint density at radius 1 is 1.32 bits per heavy atom. The average Bonchev–Trinajstić information content (AvgIpc) is 2.46. The zero-order valence-electron chi connectivity index (χ0n) is 10.7. The number of methoxy groups -OCH3 is 1. The number of aldehydes is 1. The minimum Gasteiger partial charge on any atom is -0.497 e. The van der Waals surface area contributed by atoms with Crippen LogP contribution in [0.15, 0.2) is 53.9 Å². The van der Waals surface area contributed by atoms with Gasteiger partial charge in [-0.05, 0) is 17.7 Å². The van der Waals surface area contributed by atoms with E-state index in [-0.39, 0.29) is 23.7 Å². The first-order valence-corrected chi connectivity index (χ1v) is 6.07. The third kappa shape index (κ3) is 3.41. The lowest BCUT2D eigenvalue weighted by Gasteiger charge is -2.12. The van der Waals surface area contributed by atoms with Gasteiger partial charge in [0.05, 0.1) is 7.11 Å². The molecule has 3 heteroatoms. The molecule has 19 heavy (non-hydrogen) atoms. The minimum atomic E-state index is -0.345. The van der Waals surface area contributed by atoms with Crippen molar-refractivity contribution in [1.29, 1.82) is 0 Å². The number of hydrogen-bond donors (Lipinski definition) is 0. The first-order valence-electron chi connectivity index (χ1n) is 6.07. The van der Waals surface area contributed by atoms with Gasteiger partial charge in [-0.3, -0.25) is 4.79 Å². The van der Waals surface area contributed by atoms with E-state index in [1.807, 2.05) is 42.5 Å². The summed E-state index contributed by atoms with van der Waals surface area (Å²) in [5, 5.41) is 0. The predicted octanol–water partition coefficient (Wildman–Crippen LogP) is 3.71. The van der Waals surface area contributed by atoms with Gasteiger partial charge in [0.15, 0.2) is 6.29 Å². The third-order valence-electron chi connectivity index (χ3n) is 3.03. The van der Waals surface area contributed by atoms with E-state index in [9.17, 15) is 9.18 Å². The number of allylic oxidation sites excluding steroid dienone is 5. The lowest BCUT2D eigenvalue weighted by Crippen LogP contribution is -2.01. The van der Waals surface area contributed by atoms with Crippen LogP contribution >= 0.6 is 0 Å². The molecule has 1 unspecified atom stereocenters. The normalized spacial score (nSPS) is 18.9. The molecule has 0 aromatic heterocycles. The van der Waals surface area contributed by atoms with Crippen molar-refractivity contribution in [3.63, 3.8) is 0 Å². The second-order valence-electron chi connectivity index (χ2n) is 4.34. The fraction of sp³-hybridized carbons (Fsp3) is 0.188. The molecule has 0 aliphatic heterocycles. The molecule has 98 valence electrons. The Bertz CT molecular complexity index is 538. The molecule has 1 aromatic rings. The molecule has 0 bridgehead atoms. The summed E-state index contributed by atoms with van der Waals surface area (Å²) in [7, 11) is 1.62. The van der Waals surface area contributed by atoms with E-state index < -0.39 is 0 Å². The molecule has 1 atom stereocenters. The largest absolute Gasteiger partial charge is 0.497 e. The fourth-order valence-corrected chi connectivity index (χ4v) is 1.90. The zero-order chi connectivity index (χ0) is 13.7. The standard InChI is InChI=1S/C16H15FO2/c1-19-15-8-5-12(6-9-15)2-3-13-4-7-14(11-18)16(17)10-13/h2-9,11,13H,10H2,1H3/b3-2+. The van der Waals surface area contributed by atoms with Crippen molar-refractivity contribution >= 4 is 12.4 Å². The molecule has 0 spiro atoms. The smallest absolute Gasteiger partial charge is 0.152 e. The first-order chi connectivity index (χ1) is 9.22. The lowest BCUT2D eigenvalue weighted by molar-refractivity contribution is -0.104. The number of benzene rings is 1. The summed E-state index contributed by atoms with van der Waals surface area (Å²) in [6.07, 6.45) is 8.04. The molecule has 0 saturated heterocycles. The summed E-state index contributed by atoms with van der Waals surface area (Å²) < 4.78 is 18.5. The van der Waals surface area contributed by atoms with Crippen LogP contribution in [0.4, 0.5) is 4.39 Å². The molecule has 2 nitrogen and oxygen atoms in total. The molecule has 1 aromatic carbocycles. The van der Waals surface area contributed by atoms with Gasteiger partial charge < -0.3 is 4.74 Å². The molecule has 0 heterocycles. The predicted molar refractivity (Wildman–Crippen MR) is 73.5 cm³/mol. The summed E-state index contributed by atoms with van der Waals surface area (Å²) in [4.78, 5) is 10.5. The molecular formula is C16H15FO2. The van der Waals surface area contributed by atoms with Gasteiger partial charge in [-0.2, -0.15) is 0 Å². The number of halogens is 1. The zero-order valence-corrected chi connectivity index (χ0v) is 10.7. The fourth-order valence-electron chi connectivity index (χ4n) is 1.90. The van der Waals surface area contributed by atoms with Crippen LogP contribution in [0.1, 0.15) is 12.0 Å². The number of ether oxygens (including phenoxy) is 1. The molecule has 0 fully saturated rings. The number of hydrogen-bond acceptors (Lipinski definition) is 2. The minimum absolute atomic E-state index is 0.00852. The van der Waals surface area contributed by atoms with Crippen LogP contribution in [0.2, 0.25) is 0 Å². The molecular weight excluding hydrogens is 243 g/mol. The Labute approximate surface area is 111 Å². The Balaban J connectivity index is 2.02. The van der Waals surface area contributed by atoms with Gasteiger partial charge in [-0.1, -0.05) is 36.4 Å². The topological polar surface area (TPSA) is 26.3 Å². The Morgan fingerprint density at radius 2 is 2.05 bits per heavy atom. The van der Waals surface area contributed by atoms with Crippen LogP contribution in [0, 0.1) is 5.92 Å². The molecule has 0 N–H and O–H groups in total. The van der Waals surface area contributed by atoms with Gasteiger partial charge in [0.25, 0.3) is 0 Å². The van der Waals surface area contributed by atoms with Gasteiger partial charge >= 0.3 is 0 Å². The van der Waals surface area contributed by atoms with Crippen molar-refractivity contribution in [2.24, 2.45) is 5.92 Å². The third-order valence-corrected chi connectivity index (χ3v) is 3.03. The van der Waals surface area contributed by atoms with E-state index in [1.54, 1.807) is 7.11 Å². The van der Waals surface area contributed by atoms with Crippen LogP contribution in [-0.4, -0.2) is 13.4 Å². The maximum Gasteiger partial charge on any atom is 0.152 e. The Hall–Kier alpha value is -2.16. The second kappa shape index (κ2) is 6.14. The van der Waals surface area contributed by atoms with Crippen molar-refractivity contribution in [3.8, 4) is 5.75 Å². The van der Waals surface area contributed by atoms with E-state index in [2.05, 4.69) is 0 Å². The van der Waals surface area contributed by atoms with Crippen LogP contribution < -0.4 is 4.74 Å². The highest BCUT2D eigenvalue weighted by atomic mass is 19.1. The molecule has 0 saturated carbocycles. The van der Waals surface area contributed by atoms with Crippen molar-refractivity contribution in [3.05, 3.63) is 59.5 Å². The van der Waals surface area contributed by atoms with Crippen molar-refractivity contribution in [2.75, 3.05) is 7.11 Å². The van der Waals surface area contributed by atoms with E-state index in [1.165, 1.54) is 6.08 Å². The van der Waals surface area contributed by atoms with Crippen molar-refractivity contribution in [1.82, 2.24) is 0 Å². The van der Waals surface area contributed by atoms with E-state index in [4.69, 9.17) is 4.74 Å². The molecule has 2 rings (SSSR count). The van der Waals surface area contributed by atoms with Crippen LogP contribution in [-0.2, 0) is 4.79 Å². The number of carbonyl (C=O) groups excluding carboxylic acids is 1. The Kier molecular flexibility index (Phi) is 4.29. The van der Waals surface area contributed by atoms with Crippen molar-refractivity contribution < 1.29 is 13.9 Å². The van der Waals surface area contributed by atoms with Crippen molar-refractivity contribution in [2.45, 2.75) is 6.42 Å². The number of rotatable bonds is 4. The van der Waals surface area contributed by atoms with E-state index in [0.717, 1.165) is 11.3 Å². The maximum atomic E-state index is 13.5. The summed E-state index contributed by atoms with van der Waals surface area (Å²) >= 11 is 0. The Morgan fingerprint density at radius 3 is 2.63 bits per heavy atom. The molecule has 0 amide bonds. The monoisotopic (exact) mass is 258 g/mol. The number of carbonyl (C=O) groups is 1. The highest BCUT2D eigenvalue weighted by Gasteiger charge is 2.13. The average molecular weight is 258 g/mol. The van der Waals surface area contributed by atoms with Gasteiger partial charge in [-0.15, -0.1) is 0 Å².